The Morgan fingerprint density at radius 3 is 2.59 bits per heavy atom. The Labute approximate surface area is 172 Å². The van der Waals surface area contributed by atoms with Crippen LogP contribution in [0.1, 0.15) is 38.7 Å². The zero-order chi connectivity index (χ0) is 19.7. The van der Waals surface area contributed by atoms with Gasteiger partial charge in [0.15, 0.2) is 5.96 Å². The Hall–Kier alpha value is -1.11. The van der Waals surface area contributed by atoms with Gasteiger partial charge in [0.05, 0.1) is 6.10 Å². The van der Waals surface area contributed by atoms with Crippen LogP contribution in [0.15, 0.2) is 33.7 Å². The van der Waals surface area contributed by atoms with Crippen LogP contribution < -0.4 is 5.32 Å². The Morgan fingerprint density at radius 1 is 1.26 bits per heavy atom. The summed E-state index contributed by atoms with van der Waals surface area (Å²) in [7, 11) is 3.59. The minimum Gasteiger partial charge on any atom is -0.385 e. The van der Waals surface area contributed by atoms with Crippen molar-refractivity contribution in [1.82, 2.24) is 10.2 Å². The van der Waals surface area contributed by atoms with Gasteiger partial charge >= 0.3 is 0 Å². The Kier molecular flexibility index (Phi) is 9.06. The van der Waals surface area contributed by atoms with Gasteiger partial charge in [-0.1, -0.05) is 48.0 Å². The Morgan fingerprint density at radius 2 is 1.96 bits per heavy atom. The Bertz CT molecular complexity index is 599. The molecule has 0 saturated carbocycles. The lowest BCUT2D eigenvalue weighted by Gasteiger charge is -2.36. The van der Waals surface area contributed by atoms with E-state index in [1.54, 1.807) is 7.11 Å². The van der Waals surface area contributed by atoms with Crippen molar-refractivity contribution in [1.29, 1.82) is 0 Å². The molecule has 0 atom stereocenters. The maximum atomic E-state index is 5.96. The molecular weight excluding hydrogens is 406 g/mol. The minimum atomic E-state index is -0.00118. The van der Waals surface area contributed by atoms with Crippen LogP contribution in [0, 0.1) is 0 Å². The van der Waals surface area contributed by atoms with Crippen molar-refractivity contribution in [2.24, 2.45) is 4.99 Å². The van der Waals surface area contributed by atoms with Crippen molar-refractivity contribution in [3.63, 3.8) is 0 Å². The molecule has 0 aromatic heterocycles. The predicted molar refractivity (Wildman–Crippen MR) is 116 cm³/mol. The minimum absolute atomic E-state index is 0.00118. The second-order valence-corrected chi connectivity index (χ2v) is 8.52. The fraction of sp³-hybridized carbons (Fsp3) is 0.667. The summed E-state index contributed by atoms with van der Waals surface area (Å²) in [6.07, 6.45) is 3.40. The first-order chi connectivity index (χ1) is 13.0. The van der Waals surface area contributed by atoms with Gasteiger partial charge in [0, 0.05) is 56.9 Å². The van der Waals surface area contributed by atoms with E-state index in [0.717, 1.165) is 62.5 Å². The second-order valence-electron chi connectivity index (χ2n) is 7.67. The van der Waals surface area contributed by atoms with E-state index in [1.165, 1.54) is 5.56 Å². The van der Waals surface area contributed by atoms with E-state index >= 15 is 0 Å². The van der Waals surface area contributed by atoms with E-state index in [9.17, 15) is 0 Å². The average molecular weight is 440 g/mol. The second kappa shape index (κ2) is 11.0. The molecule has 1 aromatic rings. The van der Waals surface area contributed by atoms with Crippen LogP contribution in [-0.4, -0.2) is 64.0 Å². The largest absolute Gasteiger partial charge is 0.385 e. The smallest absolute Gasteiger partial charge is 0.193 e. The SMILES string of the molecule is CN=C(NCC(C)(C)c1ccccc1Br)N1CCC(OCCCOC)CC1. The molecule has 0 unspecified atom stereocenters. The molecule has 0 bridgehead atoms. The lowest BCUT2D eigenvalue weighted by Crippen LogP contribution is -2.49. The van der Waals surface area contributed by atoms with Gasteiger partial charge in [-0.3, -0.25) is 4.99 Å². The van der Waals surface area contributed by atoms with Gasteiger partial charge in [-0.2, -0.15) is 0 Å². The summed E-state index contributed by atoms with van der Waals surface area (Å²) in [6.45, 7) is 8.85. The highest BCUT2D eigenvalue weighted by atomic mass is 79.9. The molecule has 1 aliphatic heterocycles. The molecular formula is C21H34BrN3O2. The monoisotopic (exact) mass is 439 g/mol. The van der Waals surface area contributed by atoms with E-state index in [-0.39, 0.29) is 5.41 Å². The predicted octanol–water partition coefficient (Wildman–Crippen LogP) is 3.82. The molecule has 0 aliphatic carbocycles. The van der Waals surface area contributed by atoms with Gasteiger partial charge in [-0.25, -0.2) is 0 Å². The summed E-state index contributed by atoms with van der Waals surface area (Å²) in [4.78, 5) is 6.84. The molecule has 1 saturated heterocycles. The van der Waals surface area contributed by atoms with E-state index in [2.05, 4.69) is 69.3 Å². The van der Waals surface area contributed by atoms with Crippen LogP contribution in [0.4, 0.5) is 0 Å². The maximum Gasteiger partial charge on any atom is 0.193 e. The van der Waals surface area contributed by atoms with Crippen molar-refractivity contribution in [2.45, 2.75) is 44.6 Å². The molecule has 1 N–H and O–H groups in total. The first-order valence-corrected chi connectivity index (χ1v) is 10.6. The third kappa shape index (κ3) is 6.77. The van der Waals surface area contributed by atoms with E-state index in [1.807, 2.05) is 7.05 Å². The maximum absolute atomic E-state index is 5.96. The summed E-state index contributed by atoms with van der Waals surface area (Å²) in [5.41, 5.74) is 1.30. The summed E-state index contributed by atoms with van der Waals surface area (Å²) < 4.78 is 12.2. The number of piperidine rings is 1. The number of likely N-dealkylation sites (tertiary alicyclic amines) is 1. The zero-order valence-electron chi connectivity index (χ0n) is 17.1. The van der Waals surface area contributed by atoms with Gasteiger partial charge in [-0.05, 0) is 30.9 Å². The molecule has 2 rings (SSSR count). The molecule has 0 amide bonds. The number of hydrogen-bond acceptors (Lipinski definition) is 3. The van der Waals surface area contributed by atoms with Crippen LogP contribution in [0.3, 0.4) is 0 Å². The van der Waals surface area contributed by atoms with Gasteiger partial charge in [-0.15, -0.1) is 0 Å². The topological polar surface area (TPSA) is 46.1 Å². The number of ether oxygens (including phenoxy) is 2. The van der Waals surface area contributed by atoms with Gasteiger partial charge < -0.3 is 19.7 Å². The molecule has 1 fully saturated rings. The van der Waals surface area contributed by atoms with Crippen LogP contribution in [0.5, 0.6) is 0 Å². The lowest BCUT2D eigenvalue weighted by atomic mass is 9.84. The molecule has 1 aromatic carbocycles. The fourth-order valence-electron chi connectivity index (χ4n) is 3.43. The number of aliphatic imine (C=N–C) groups is 1. The highest BCUT2D eigenvalue weighted by Crippen LogP contribution is 2.29. The number of rotatable bonds is 8. The molecule has 0 radical (unpaired) electrons. The number of halogens is 1. The van der Waals surface area contributed by atoms with Crippen molar-refractivity contribution < 1.29 is 9.47 Å². The number of benzene rings is 1. The van der Waals surface area contributed by atoms with Gasteiger partial charge in [0.1, 0.15) is 0 Å². The highest BCUT2D eigenvalue weighted by Gasteiger charge is 2.26. The van der Waals surface area contributed by atoms with Crippen LogP contribution in [0.2, 0.25) is 0 Å². The zero-order valence-corrected chi connectivity index (χ0v) is 18.7. The number of nitrogens with zero attached hydrogens (tertiary/aromatic N) is 2. The first-order valence-electron chi connectivity index (χ1n) is 9.79. The summed E-state index contributed by atoms with van der Waals surface area (Å²) in [5, 5.41) is 3.58. The molecule has 0 spiro atoms. The number of methoxy groups -OCH3 is 1. The van der Waals surface area contributed by atoms with Crippen molar-refractivity contribution in [3.05, 3.63) is 34.3 Å². The molecule has 1 aliphatic rings. The number of guanidine groups is 1. The van der Waals surface area contributed by atoms with E-state index < -0.39 is 0 Å². The molecule has 152 valence electrons. The van der Waals surface area contributed by atoms with E-state index in [4.69, 9.17) is 9.47 Å². The fourth-order valence-corrected chi connectivity index (χ4v) is 4.25. The third-order valence-electron chi connectivity index (χ3n) is 5.09. The Balaban J connectivity index is 1.82. The highest BCUT2D eigenvalue weighted by molar-refractivity contribution is 9.10. The number of nitrogens with one attached hydrogen (secondary N) is 1. The van der Waals surface area contributed by atoms with Crippen molar-refractivity contribution in [3.8, 4) is 0 Å². The van der Waals surface area contributed by atoms with Gasteiger partial charge in [0.2, 0.25) is 0 Å². The van der Waals surface area contributed by atoms with Crippen LogP contribution >= 0.6 is 15.9 Å². The van der Waals surface area contributed by atoms with Crippen molar-refractivity contribution >= 4 is 21.9 Å². The quantitative estimate of drug-likeness (QED) is 0.379. The van der Waals surface area contributed by atoms with Crippen molar-refractivity contribution in [2.75, 3.05) is 47.0 Å². The first kappa shape index (κ1) is 22.2. The lowest BCUT2D eigenvalue weighted by molar-refractivity contribution is 0.00987. The number of hydrogen-bond donors (Lipinski definition) is 1. The standard InChI is InChI=1S/C21H34BrN3O2/c1-21(2,18-8-5-6-9-19(18)22)16-24-20(23-3)25-12-10-17(11-13-25)27-15-7-14-26-4/h5-6,8-9,17H,7,10-16H2,1-4H3,(H,23,24). The van der Waals surface area contributed by atoms with Crippen LogP contribution in [0.25, 0.3) is 0 Å². The molecule has 6 heteroatoms. The molecule has 1 heterocycles. The van der Waals surface area contributed by atoms with Gasteiger partial charge in [0.25, 0.3) is 0 Å². The molecule has 5 nitrogen and oxygen atoms in total. The normalized spacial score (nSPS) is 16.6. The average Bonchev–Trinajstić information content (AvgIpc) is 2.67. The summed E-state index contributed by atoms with van der Waals surface area (Å²) >= 11 is 3.68. The summed E-state index contributed by atoms with van der Waals surface area (Å²) in [5.74, 6) is 0.980. The van der Waals surface area contributed by atoms with E-state index in [0.29, 0.717) is 6.10 Å². The molecule has 27 heavy (non-hydrogen) atoms. The summed E-state index contributed by atoms with van der Waals surface area (Å²) in [6, 6.07) is 8.43. The third-order valence-corrected chi connectivity index (χ3v) is 5.78. The van der Waals surface area contributed by atoms with Crippen LogP contribution in [-0.2, 0) is 14.9 Å².